The fourth-order valence-electron chi connectivity index (χ4n) is 3.65. The van der Waals surface area contributed by atoms with Gasteiger partial charge in [-0.25, -0.2) is 0 Å². The average Bonchev–Trinajstić information content (AvgIpc) is 2.69. The Balaban J connectivity index is 0.00000210. The van der Waals surface area contributed by atoms with Crippen LogP contribution < -0.4 is 15.4 Å². The number of fused-ring (bicyclic) bond motifs is 1. The van der Waals surface area contributed by atoms with Gasteiger partial charge in [0.05, 0.1) is 25.9 Å². The van der Waals surface area contributed by atoms with Crippen LogP contribution in [0.25, 0.3) is 11.1 Å². The van der Waals surface area contributed by atoms with E-state index in [0.717, 1.165) is 35.4 Å². The van der Waals surface area contributed by atoms with Gasteiger partial charge in [0.2, 0.25) is 5.91 Å². The number of ether oxygens (including phenoxy) is 2. The van der Waals surface area contributed by atoms with Crippen LogP contribution in [0.4, 0.5) is 0 Å². The van der Waals surface area contributed by atoms with Crippen molar-refractivity contribution in [2.45, 2.75) is 24.9 Å². The van der Waals surface area contributed by atoms with Gasteiger partial charge in [-0.1, -0.05) is 48.5 Å². The van der Waals surface area contributed by atoms with Gasteiger partial charge in [-0.05, 0) is 5.56 Å². The van der Waals surface area contributed by atoms with Crippen molar-refractivity contribution in [2.24, 2.45) is 0 Å². The molecule has 0 saturated carbocycles. The molecule has 27 heavy (non-hydrogen) atoms. The quantitative estimate of drug-likeness (QED) is 0.845. The number of rotatable bonds is 4. The Morgan fingerprint density at radius 3 is 2.74 bits per heavy atom. The second kappa shape index (κ2) is 9.22. The van der Waals surface area contributed by atoms with E-state index >= 15 is 0 Å². The van der Waals surface area contributed by atoms with E-state index in [1.165, 1.54) is 0 Å². The highest BCUT2D eigenvalue weighted by atomic mass is 35.5. The summed E-state index contributed by atoms with van der Waals surface area (Å²) in [6.45, 7) is 2.72. The van der Waals surface area contributed by atoms with E-state index in [1.54, 1.807) is 0 Å². The zero-order valence-electron chi connectivity index (χ0n) is 15.1. The maximum atomic E-state index is 12.5. The fraction of sp³-hybridized carbons (Fsp3) is 0.381. The minimum Gasteiger partial charge on any atom is -0.492 e. The standard InChI is InChI=1S/C21H24N2O3.ClH/c24-20(13-16-14-25-12-10-22-16)23-19-9-11-26-21-17(7-4-8-18(19)21)15-5-2-1-3-6-15;/h1-8,16,19,22H,9-14H2,(H,23,24);1H. The molecule has 2 atom stereocenters. The van der Waals surface area contributed by atoms with E-state index in [1.807, 2.05) is 30.3 Å². The first kappa shape index (κ1) is 19.7. The van der Waals surface area contributed by atoms with Crippen LogP contribution in [-0.2, 0) is 9.53 Å². The molecule has 0 aliphatic carbocycles. The van der Waals surface area contributed by atoms with Crippen molar-refractivity contribution < 1.29 is 14.3 Å². The zero-order chi connectivity index (χ0) is 17.8. The highest BCUT2D eigenvalue weighted by Crippen LogP contribution is 2.40. The molecule has 0 bridgehead atoms. The van der Waals surface area contributed by atoms with Crippen molar-refractivity contribution in [3.63, 3.8) is 0 Å². The van der Waals surface area contributed by atoms with Crippen LogP contribution in [0, 0.1) is 0 Å². The van der Waals surface area contributed by atoms with Crippen LogP contribution in [0.1, 0.15) is 24.4 Å². The molecule has 0 spiro atoms. The maximum absolute atomic E-state index is 12.5. The van der Waals surface area contributed by atoms with Crippen molar-refractivity contribution in [1.82, 2.24) is 10.6 Å². The highest BCUT2D eigenvalue weighted by Gasteiger charge is 2.26. The van der Waals surface area contributed by atoms with Gasteiger partial charge in [0.1, 0.15) is 5.75 Å². The Kier molecular flexibility index (Phi) is 6.72. The van der Waals surface area contributed by atoms with Crippen LogP contribution in [0.2, 0.25) is 0 Å². The van der Waals surface area contributed by atoms with Gasteiger partial charge in [0.15, 0.2) is 0 Å². The normalized spacial score (nSPS) is 21.3. The molecule has 2 heterocycles. The zero-order valence-corrected chi connectivity index (χ0v) is 16.0. The first-order valence-corrected chi connectivity index (χ1v) is 9.23. The van der Waals surface area contributed by atoms with Crippen molar-refractivity contribution in [3.8, 4) is 16.9 Å². The van der Waals surface area contributed by atoms with Crippen molar-refractivity contribution in [3.05, 3.63) is 54.1 Å². The lowest BCUT2D eigenvalue weighted by atomic mass is 9.94. The molecule has 2 N–H and O–H groups in total. The highest BCUT2D eigenvalue weighted by molar-refractivity contribution is 5.85. The summed E-state index contributed by atoms with van der Waals surface area (Å²) in [4.78, 5) is 12.5. The van der Waals surface area contributed by atoms with E-state index < -0.39 is 0 Å². The number of hydrogen-bond donors (Lipinski definition) is 2. The molecule has 1 saturated heterocycles. The molecule has 2 aromatic rings. The van der Waals surface area contributed by atoms with Gasteiger partial charge >= 0.3 is 0 Å². The number of carbonyl (C=O) groups is 1. The maximum Gasteiger partial charge on any atom is 0.222 e. The number of morpholine rings is 1. The minimum atomic E-state index is -0.0144. The minimum absolute atomic E-state index is 0. The molecule has 6 heteroatoms. The summed E-state index contributed by atoms with van der Waals surface area (Å²) >= 11 is 0. The van der Waals surface area contributed by atoms with Crippen LogP contribution in [0.3, 0.4) is 0 Å². The number of halogens is 1. The topological polar surface area (TPSA) is 59.6 Å². The lowest BCUT2D eigenvalue weighted by Gasteiger charge is -2.29. The number of amides is 1. The summed E-state index contributed by atoms with van der Waals surface area (Å²) in [6, 6.07) is 16.4. The van der Waals surface area contributed by atoms with E-state index in [9.17, 15) is 4.79 Å². The smallest absolute Gasteiger partial charge is 0.222 e. The molecule has 0 radical (unpaired) electrons. The van der Waals surface area contributed by atoms with Crippen molar-refractivity contribution in [1.29, 1.82) is 0 Å². The summed E-state index contributed by atoms with van der Waals surface area (Å²) < 4.78 is 11.4. The number of nitrogens with one attached hydrogen (secondary N) is 2. The van der Waals surface area contributed by atoms with E-state index in [0.29, 0.717) is 26.2 Å². The SMILES string of the molecule is Cl.O=C(CC1COCCN1)NC1CCOc2c(-c3ccccc3)cccc21. The summed E-state index contributed by atoms with van der Waals surface area (Å²) in [5.41, 5.74) is 3.25. The summed E-state index contributed by atoms with van der Waals surface area (Å²) in [6.07, 6.45) is 1.22. The number of hydrogen-bond acceptors (Lipinski definition) is 4. The molecule has 5 nitrogen and oxygen atoms in total. The lowest BCUT2D eigenvalue weighted by Crippen LogP contribution is -2.45. The molecular weight excluding hydrogens is 364 g/mol. The molecule has 0 aromatic heterocycles. The fourth-order valence-corrected chi connectivity index (χ4v) is 3.65. The molecule has 2 aliphatic rings. The largest absolute Gasteiger partial charge is 0.492 e. The van der Waals surface area contributed by atoms with E-state index in [-0.39, 0.29) is 30.4 Å². The first-order chi connectivity index (χ1) is 12.8. The van der Waals surface area contributed by atoms with Gasteiger partial charge in [-0.15, -0.1) is 12.4 Å². The Hall–Kier alpha value is -2.08. The van der Waals surface area contributed by atoms with Crippen LogP contribution in [-0.4, -0.2) is 38.3 Å². The number of carbonyl (C=O) groups excluding carboxylic acids is 1. The van der Waals surface area contributed by atoms with Crippen LogP contribution >= 0.6 is 12.4 Å². The molecule has 4 rings (SSSR count). The van der Waals surface area contributed by atoms with Crippen LogP contribution in [0.15, 0.2) is 48.5 Å². The van der Waals surface area contributed by atoms with E-state index in [4.69, 9.17) is 9.47 Å². The van der Waals surface area contributed by atoms with Crippen molar-refractivity contribution in [2.75, 3.05) is 26.4 Å². The monoisotopic (exact) mass is 388 g/mol. The Bertz CT molecular complexity index is 763. The van der Waals surface area contributed by atoms with Gasteiger partial charge in [0.25, 0.3) is 0 Å². The lowest BCUT2D eigenvalue weighted by molar-refractivity contribution is -0.123. The molecule has 2 aromatic carbocycles. The third-order valence-electron chi connectivity index (χ3n) is 4.92. The molecule has 2 unspecified atom stereocenters. The summed E-state index contributed by atoms with van der Waals surface area (Å²) in [7, 11) is 0. The third-order valence-corrected chi connectivity index (χ3v) is 4.92. The second-order valence-electron chi connectivity index (χ2n) is 6.78. The third kappa shape index (κ3) is 4.61. The summed E-state index contributed by atoms with van der Waals surface area (Å²) in [5.74, 6) is 0.935. The van der Waals surface area contributed by atoms with Gasteiger partial charge in [-0.3, -0.25) is 4.79 Å². The molecule has 144 valence electrons. The van der Waals surface area contributed by atoms with E-state index in [2.05, 4.69) is 28.8 Å². The number of benzene rings is 2. The Morgan fingerprint density at radius 2 is 1.96 bits per heavy atom. The average molecular weight is 389 g/mol. The predicted octanol–water partition coefficient (Wildman–Crippen LogP) is 3.09. The number of para-hydroxylation sites is 1. The molecule has 2 aliphatic heterocycles. The first-order valence-electron chi connectivity index (χ1n) is 9.23. The van der Waals surface area contributed by atoms with Gasteiger partial charge in [0, 0.05) is 36.6 Å². The van der Waals surface area contributed by atoms with Crippen molar-refractivity contribution >= 4 is 18.3 Å². The second-order valence-corrected chi connectivity index (χ2v) is 6.78. The Morgan fingerprint density at radius 1 is 1.11 bits per heavy atom. The van der Waals surface area contributed by atoms with Crippen LogP contribution in [0.5, 0.6) is 5.75 Å². The molecular formula is C21H25ClN2O3. The van der Waals surface area contributed by atoms with Gasteiger partial charge < -0.3 is 20.1 Å². The van der Waals surface area contributed by atoms with Gasteiger partial charge in [-0.2, -0.15) is 0 Å². The predicted molar refractivity (Wildman–Crippen MR) is 107 cm³/mol. The molecule has 1 amide bonds. The molecule has 1 fully saturated rings. The Labute approximate surface area is 165 Å². The summed E-state index contributed by atoms with van der Waals surface area (Å²) in [5, 5.41) is 6.51.